The lowest BCUT2D eigenvalue weighted by atomic mass is 9.88. The molecule has 192 valence electrons. The smallest absolute Gasteiger partial charge is 0.231 e. The number of hydrogen-bond acceptors (Lipinski definition) is 9. The molecule has 1 aromatic carbocycles. The molecular formula is C26H30N8O2S. The maximum absolute atomic E-state index is 12.2. The van der Waals surface area contributed by atoms with Gasteiger partial charge in [0.2, 0.25) is 17.8 Å². The highest BCUT2D eigenvalue weighted by molar-refractivity contribution is 7.17. The van der Waals surface area contributed by atoms with Gasteiger partial charge in [-0.25, -0.2) is 4.98 Å². The van der Waals surface area contributed by atoms with Crippen LogP contribution in [-0.4, -0.2) is 65.4 Å². The van der Waals surface area contributed by atoms with Gasteiger partial charge in [-0.1, -0.05) is 12.2 Å². The van der Waals surface area contributed by atoms with Crippen LogP contribution in [0.5, 0.6) is 0 Å². The van der Waals surface area contributed by atoms with Crippen molar-refractivity contribution in [2.24, 2.45) is 29.2 Å². The fourth-order valence-electron chi connectivity index (χ4n) is 5.85. The summed E-state index contributed by atoms with van der Waals surface area (Å²) >= 11 is 1.58. The Kier molecular flexibility index (Phi) is 6.17. The Labute approximate surface area is 218 Å². The summed E-state index contributed by atoms with van der Waals surface area (Å²) in [5, 5.41) is 8.89. The molecule has 6 rings (SSSR count). The van der Waals surface area contributed by atoms with Gasteiger partial charge in [0.1, 0.15) is 5.82 Å². The van der Waals surface area contributed by atoms with Crippen molar-refractivity contribution in [3.8, 4) is 0 Å². The number of nitrogens with two attached hydrogens (primary N) is 2. The number of nitrogens with one attached hydrogen (secondary N) is 2. The van der Waals surface area contributed by atoms with Gasteiger partial charge in [0.05, 0.1) is 22.7 Å². The van der Waals surface area contributed by atoms with E-state index in [0.717, 1.165) is 60.0 Å². The summed E-state index contributed by atoms with van der Waals surface area (Å²) < 4.78 is 0.964. The number of anilines is 4. The number of hydrogen-bond donors (Lipinski definition) is 4. The van der Waals surface area contributed by atoms with Gasteiger partial charge in [0, 0.05) is 43.6 Å². The Morgan fingerprint density at radius 2 is 1.76 bits per heavy atom. The van der Waals surface area contributed by atoms with Crippen LogP contribution in [0.1, 0.15) is 6.42 Å². The zero-order chi connectivity index (χ0) is 25.5. The van der Waals surface area contributed by atoms with E-state index in [-0.39, 0.29) is 35.6 Å². The number of amides is 2. The second-order valence-corrected chi connectivity index (χ2v) is 10.9. The van der Waals surface area contributed by atoms with Crippen LogP contribution in [0.25, 0.3) is 10.2 Å². The van der Waals surface area contributed by atoms with Crippen molar-refractivity contribution in [2.45, 2.75) is 12.5 Å². The molecule has 1 saturated heterocycles. The van der Waals surface area contributed by atoms with Crippen LogP contribution in [0.4, 0.5) is 23.1 Å². The number of benzene rings is 1. The monoisotopic (exact) mass is 518 g/mol. The van der Waals surface area contributed by atoms with Crippen LogP contribution in [0.15, 0.2) is 47.9 Å². The van der Waals surface area contributed by atoms with Crippen LogP contribution in [0.3, 0.4) is 0 Å². The van der Waals surface area contributed by atoms with E-state index < -0.39 is 0 Å². The number of rotatable bonds is 8. The molecule has 2 unspecified atom stereocenters. The first-order valence-corrected chi connectivity index (χ1v) is 13.4. The number of carbonyl (C=O) groups excluding carboxylic acids is 2. The first kappa shape index (κ1) is 23.7. The maximum atomic E-state index is 12.2. The molecule has 2 bridgehead atoms. The van der Waals surface area contributed by atoms with E-state index in [1.807, 2.05) is 23.6 Å². The summed E-state index contributed by atoms with van der Waals surface area (Å²) in [6.45, 7) is 3.61. The quantitative estimate of drug-likeness (QED) is 0.332. The molecule has 10 nitrogen and oxygen atoms in total. The highest BCUT2D eigenvalue weighted by Crippen LogP contribution is 2.45. The topological polar surface area (TPSA) is 142 Å². The molecule has 1 aliphatic heterocycles. The van der Waals surface area contributed by atoms with E-state index in [1.54, 1.807) is 11.3 Å². The van der Waals surface area contributed by atoms with Crippen LogP contribution in [-0.2, 0) is 9.59 Å². The first-order valence-electron chi connectivity index (χ1n) is 12.6. The number of nitrogens with zero attached hydrogens (tertiary/aromatic N) is 4. The van der Waals surface area contributed by atoms with Crippen LogP contribution in [0.2, 0.25) is 0 Å². The van der Waals surface area contributed by atoms with E-state index in [9.17, 15) is 9.59 Å². The standard InChI is InChI=1S/C26H30N8O2S/c27-20(35)14-33-8-10-34(11-9-33)18-5-3-17(4-6-18)29-26-30-19-7-12-37-23(19)25(32-26)31-22-16-2-1-15(13-16)21(22)24(28)36/h1-7,12,15-16,21-22H,8-11,13-14H2,(H2,27,35)(H2,28,36)(H2,29,30,31,32)/t15?,16?,21-,22+/m0/s1. The molecule has 2 aliphatic carbocycles. The van der Waals surface area contributed by atoms with Crippen molar-refractivity contribution in [2.75, 3.05) is 48.3 Å². The number of carbonyl (C=O) groups is 2. The van der Waals surface area contributed by atoms with Crippen molar-refractivity contribution in [1.29, 1.82) is 0 Å². The Balaban J connectivity index is 1.17. The number of allylic oxidation sites excluding steroid dienone is 1. The lowest BCUT2D eigenvalue weighted by Gasteiger charge is -2.35. The van der Waals surface area contributed by atoms with E-state index >= 15 is 0 Å². The third kappa shape index (κ3) is 4.72. The van der Waals surface area contributed by atoms with E-state index in [0.29, 0.717) is 12.5 Å². The fraction of sp³-hybridized carbons (Fsp3) is 0.385. The van der Waals surface area contributed by atoms with Crippen molar-refractivity contribution in [3.63, 3.8) is 0 Å². The minimum atomic E-state index is -0.287. The Bertz CT molecular complexity index is 1350. The number of fused-ring (bicyclic) bond motifs is 3. The van der Waals surface area contributed by atoms with Gasteiger partial charge in [-0.15, -0.1) is 11.3 Å². The molecule has 0 spiro atoms. The second kappa shape index (κ2) is 9.64. The predicted molar refractivity (Wildman–Crippen MR) is 146 cm³/mol. The van der Waals surface area contributed by atoms with Crippen molar-refractivity contribution >= 4 is 56.5 Å². The maximum Gasteiger partial charge on any atom is 0.231 e. The molecule has 3 heterocycles. The third-order valence-corrected chi connectivity index (χ3v) is 8.55. The molecule has 2 amide bonds. The van der Waals surface area contributed by atoms with Crippen LogP contribution < -0.4 is 27.0 Å². The van der Waals surface area contributed by atoms with Gasteiger partial charge in [-0.2, -0.15) is 4.98 Å². The first-order chi connectivity index (χ1) is 17.9. The largest absolute Gasteiger partial charge is 0.369 e. The number of piperazine rings is 1. The molecule has 4 atom stereocenters. The molecular weight excluding hydrogens is 488 g/mol. The Hall–Kier alpha value is -3.70. The van der Waals surface area contributed by atoms with Crippen LogP contribution >= 0.6 is 11.3 Å². The summed E-state index contributed by atoms with van der Waals surface area (Å²) in [6.07, 6.45) is 5.26. The zero-order valence-corrected chi connectivity index (χ0v) is 21.2. The number of thiophene rings is 1. The Morgan fingerprint density at radius 1 is 1.00 bits per heavy atom. The average Bonchev–Trinajstić information content (AvgIpc) is 3.61. The highest BCUT2D eigenvalue weighted by Gasteiger charge is 2.47. The van der Waals surface area contributed by atoms with E-state index in [4.69, 9.17) is 21.4 Å². The summed E-state index contributed by atoms with van der Waals surface area (Å²) in [4.78, 5) is 37.2. The van der Waals surface area contributed by atoms with Crippen molar-refractivity contribution in [1.82, 2.24) is 14.9 Å². The molecule has 1 saturated carbocycles. The number of primary amides is 2. The lowest BCUT2D eigenvalue weighted by molar-refractivity contribution is -0.122. The van der Waals surface area contributed by atoms with Gasteiger partial charge in [0.25, 0.3) is 0 Å². The van der Waals surface area contributed by atoms with Gasteiger partial charge < -0.3 is 27.0 Å². The van der Waals surface area contributed by atoms with Gasteiger partial charge >= 0.3 is 0 Å². The zero-order valence-electron chi connectivity index (χ0n) is 20.3. The van der Waals surface area contributed by atoms with Crippen LogP contribution in [0, 0.1) is 17.8 Å². The Morgan fingerprint density at radius 3 is 2.49 bits per heavy atom. The summed E-state index contributed by atoms with van der Waals surface area (Å²) in [7, 11) is 0. The molecule has 3 aliphatic rings. The molecule has 3 aromatic rings. The number of aromatic nitrogens is 2. The summed E-state index contributed by atoms with van der Waals surface area (Å²) in [5.41, 5.74) is 13.9. The molecule has 0 radical (unpaired) electrons. The summed E-state index contributed by atoms with van der Waals surface area (Å²) in [6, 6.07) is 10.1. The van der Waals surface area contributed by atoms with Gasteiger partial charge in [-0.3, -0.25) is 14.5 Å². The van der Waals surface area contributed by atoms with Gasteiger partial charge in [-0.05, 0) is 54.0 Å². The lowest BCUT2D eigenvalue weighted by Crippen LogP contribution is -2.48. The van der Waals surface area contributed by atoms with Crippen molar-refractivity contribution < 1.29 is 9.59 Å². The second-order valence-electron chi connectivity index (χ2n) is 9.98. The molecule has 6 N–H and O–H groups in total. The van der Waals surface area contributed by atoms with Crippen molar-refractivity contribution in [3.05, 3.63) is 47.9 Å². The SMILES string of the molecule is NC(=O)CN1CCN(c2ccc(Nc3nc(N[C@@H]4C5C=CC(C5)[C@@H]4C(N)=O)c4sccc4n3)cc2)CC1. The van der Waals surface area contributed by atoms with E-state index in [2.05, 4.69) is 44.7 Å². The van der Waals surface area contributed by atoms with Gasteiger partial charge in [0.15, 0.2) is 0 Å². The summed E-state index contributed by atoms with van der Waals surface area (Å²) in [5.74, 6) is 0.905. The highest BCUT2D eigenvalue weighted by atomic mass is 32.1. The molecule has 2 fully saturated rings. The third-order valence-electron chi connectivity index (χ3n) is 7.64. The molecule has 11 heteroatoms. The average molecular weight is 519 g/mol. The minimum absolute atomic E-state index is 0.0664. The molecule has 2 aromatic heterocycles. The predicted octanol–water partition coefficient (Wildman–Crippen LogP) is 2.13. The molecule has 37 heavy (non-hydrogen) atoms. The van der Waals surface area contributed by atoms with E-state index in [1.165, 1.54) is 0 Å². The minimum Gasteiger partial charge on any atom is -0.369 e. The normalized spacial score (nSPS) is 25.0. The fourth-order valence-corrected chi connectivity index (χ4v) is 6.63.